The van der Waals surface area contributed by atoms with Crippen LogP contribution in [-0.4, -0.2) is 49.9 Å². The molecule has 2 aromatic carbocycles. The lowest BCUT2D eigenvalue weighted by molar-refractivity contribution is -0.137. The Labute approximate surface area is 200 Å². The third-order valence-corrected chi connectivity index (χ3v) is 7.77. The van der Waals surface area contributed by atoms with Gasteiger partial charge in [-0.1, -0.05) is 12.1 Å². The van der Waals surface area contributed by atoms with Gasteiger partial charge in [0.05, 0.1) is 22.6 Å². The van der Waals surface area contributed by atoms with Crippen molar-refractivity contribution in [3.8, 4) is 0 Å². The second-order valence-corrected chi connectivity index (χ2v) is 10.4. The van der Waals surface area contributed by atoms with Crippen molar-refractivity contribution in [2.75, 3.05) is 25.0 Å². The van der Waals surface area contributed by atoms with Crippen LogP contribution < -0.4 is 10.0 Å². The first-order chi connectivity index (χ1) is 16.4. The molecule has 188 valence electrons. The summed E-state index contributed by atoms with van der Waals surface area (Å²) >= 11 is 0. The molecule has 0 atom stereocenters. The molecule has 2 aromatic rings. The molecule has 2 heterocycles. The Kier molecular flexibility index (Phi) is 6.64. The van der Waals surface area contributed by atoms with E-state index in [1.54, 1.807) is 0 Å². The Hall–Kier alpha value is -2.96. The first-order valence-corrected chi connectivity index (χ1v) is 12.5. The summed E-state index contributed by atoms with van der Waals surface area (Å²) in [4.78, 5) is 25.4. The van der Waals surface area contributed by atoms with E-state index in [1.165, 1.54) is 35.2 Å². The third-order valence-electron chi connectivity index (χ3n) is 6.37. The molecule has 2 aliphatic rings. The van der Waals surface area contributed by atoms with Crippen LogP contribution in [0.3, 0.4) is 0 Å². The minimum absolute atomic E-state index is 0.0172. The van der Waals surface area contributed by atoms with Crippen molar-refractivity contribution >= 4 is 27.5 Å². The number of hydrogen-bond acceptors (Lipinski definition) is 5. The topological polar surface area (TPSA) is 116 Å². The minimum Gasteiger partial charge on any atom is -0.385 e. The van der Waals surface area contributed by atoms with Crippen molar-refractivity contribution in [3.05, 3.63) is 59.2 Å². The summed E-state index contributed by atoms with van der Waals surface area (Å²) < 4.78 is 66.7. The molecule has 0 bridgehead atoms. The normalized spacial score (nSPS) is 18.1. The summed E-state index contributed by atoms with van der Waals surface area (Å²) in [6.45, 7) is -0.379. The molecule has 0 aliphatic carbocycles. The Morgan fingerprint density at radius 1 is 1.11 bits per heavy atom. The van der Waals surface area contributed by atoms with Crippen molar-refractivity contribution in [1.82, 2.24) is 9.62 Å². The molecule has 0 aromatic heterocycles. The van der Waals surface area contributed by atoms with Crippen LogP contribution in [0.5, 0.6) is 0 Å². The standard InChI is InChI=1S/C23H24F3N3O5S/c24-23(25,26)17-3-1-2-16(13-17)22(32)8-10-29(11-9-22)21(31)14-27-35(33,34)18-5-6-19-15(12-18)4-7-20(30)28-19/h1-3,5-6,12-13,27,32H,4,7-11,14H2,(H,28,30). The van der Waals surface area contributed by atoms with Gasteiger partial charge in [-0.05, 0) is 60.7 Å². The first-order valence-electron chi connectivity index (χ1n) is 11.0. The number of piperidine rings is 1. The quantitative estimate of drug-likeness (QED) is 0.570. The largest absolute Gasteiger partial charge is 0.416 e. The number of likely N-dealkylation sites (tertiary alicyclic amines) is 1. The number of rotatable bonds is 5. The van der Waals surface area contributed by atoms with E-state index in [1.807, 2.05) is 0 Å². The maximum absolute atomic E-state index is 13.0. The van der Waals surface area contributed by atoms with Gasteiger partial charge in [0.2, 0.25) is 21.8 Å². The van der Waals surface area contributed by atoms with Gasteiger partial charge in [0.15, 0.2) is 0 Å². The molecule has 0 radical (unpaired) electrons. The molecule has 8 nitrogen and oxygen atoms in total. The molecule has 4 rings (SSSR count). The molecule has 2 amide bonds. The number of nitrogens with zero attached hydrogens (tertiary/aromatic N) is 1. The Balaban J connectivity index is 1.36. The number of hydrogen-bond donors (Lipinski definition) is 3. The van der Waals surface area contributed by atoms with Gasteiger partial charge in [-0.25, -0.2) is 13.1 Å². The lowest BCUT2D eigenvalue weighted by Gasteiger charge is -2.38. The van der Waals surface area contributed by atoms with Crippen LogP contribution >= 0.6 is 0 Å². The zero-order valence-corrected chi connectivity index (χ0v) is 19.4. The maximum Gasteiger partial charge on any atom is 0.416 e. The molecule has 2 aliphatic heterocycles. The van der Waals surface area contributed by atoms with Gasteiger partial charge in [-0.2, -0.15) is 13.2 Å². The highest BCUT2D eigenvalue weighted by Crippen LogP contribution is 2.36. The maximum atomic E-state index is 13.0. The first kappa shape index (κ1) is 25.1. The molecule has 0 saturated carbocycles. The number of amides is 2. The number of nitrogens with one attached hydrogen (secondary N) is 2. The average molecular weight is 512 g/mol. The van der Waals surface area contributed by atoms with E-state index in [-0.39, 0.29) is 48.7 Å². The molecule has 1 saturated heterocycles. The van der Waals surface area contributed by atoms with Gasteiger partial charge in [0.1, 0.15) is 0 Å². The smallest absolute Gasteiger partial charge is 0.385 e. The van der Waals surface area contributed by atoms with Crippen LogP contribution in [0.15, 0.2) is 47.4 Å². The molecule has 12 heteroatoms. The second-order valence-electron chi connectivity index (χ2n) is 8.68. The lowest BCUT2D eigenvalue weighted by Crippen LogP contribution is -2.48. The SMILES string of the molecule is O=C1CCc2cc(S(=O)(=O)NCC(=O)N3CCC(O)(c4cccc(C(F)(F)F)c4)CC3)ccc2N1. The van der Waals surface area contributed by atoms with Crippen LogP contribution in [-0.2, 0) is 37.8 Å². The fourth-order valence-corrected chi connectivity index (χ4v) is 5.30. The number of anilines is 1. The van der Waals surface area contributed by atoms with E-state index in [0.29, 0.717) is 17.7 Å². The molecule has 1 fully saturated rings. The van der Waals surface area contributed by atoms with E-state index in [4.69, 9.17) is 0 Å². The summed E-state index contributed by atoms with van der Waals surface area (Å²) in [6.07, 6.45) is -3.84. The monoisotopic (exact) mass is 511 g/mol. The van der Waals surface area contributed by atoms with Crippen molar-refractivity contribution in [2.24, 2.45) is 0 Å². The highest BCUT2D eigenvalue weighted by molar-refractivity contribution is 7.89. The summed E-state index contributed by atoms with van der Waals surface area (Å²) in [5, 5.41) is 13.6. The molecular weight excluding hydrogens is 487 g/mol. The lowest BCUT2D eigenvalue weighted by atomic mass is 9.83. The molecule has 3 N–H and O–H groups in total. The third kappa shape index (κ3) is 5.49. The molecular formula is C23H24F3N3O5S. The Morgan fingerprint density at radius 3 is 2.51 bits per heavy atom. The fourth-order valence-electron chi connectivity index (χ4n) is 4.28. The summed E-state index contributed by atoms with van der Waals surface area (Å²) in [5.74, 6) is -0.650. The number of aryl methyl sites for hydroxylation is 1. The number of fused-ring (bicyclic) bond motifs is 1. The summed E-state index contributed by atoms with van der Waals surface area (Å²) in [6, 6.07) is 8.79. The van der Waals surface area contributed by atoms with Gasteiger partial charge in [0.25, 0.3) is 0 Å². The number of aliphatic hydroxyl groups is 1. The van der Waals surface area contributed by atoms with Crippen molar-refractivity contribution in [3.63, 3.8) is 0 Å². The van der Waals surface area contributed by atoms with Crippen LogP contribution in [0.4, 0.5) is 18.9 Å². The van der Waals surface area contributed by atoms with E-state index in [0.717, 1.165) is 12.1 Å². The van der Waals surface area contributed by atoms with E-state index in [2.05, 4.69) is 10.0 Å². The Bertz CT molecular complexity index is 1260. The average Bonchev–Trinajstić information content (AvgIpc) is 2.82. The van der Waals surface area contributed by atoms with Crippen molar-refractivity contribution < 1.29 is 36.3 Å². The second kappa shape index (κ2) is 9.25. The van der Waals surface area contributed by atoms with Crippen LogP contribution in [0.25, 0.3) is 0 Å². The molecule has 35 heavy (non-hydrogen) atoms. The number of benzene rings is 2. The summed E-state index contributed by atoms with van der Waals surface area (Å²) in [5.41, 5.74) is -1.01. The van der Waals surface area contributed by atoms with E-state index >= 15 is 0 Å². The van der Waals surface area contributed by atoms with E-state index < -0.39 is 39.8 Å². The van der Waals surface area contributed by atoms with Gasteiger partial charge >= 0.3 is 6.18 Å². The minimum atomic E-state index is -4.54. The van der Waals surface area contributed by atoms with Gasteiger partial charge < -0.3 is 15.3 Å². The molecule has 0 spiro atoms. The number of halogens is 3. The van der Waals surface area contributed by atoms with Gasteiger partial charge in [-0.3, -0.25) is 9.59 Å². The van der Waals surface area contributed by atoms with Crippen LogP contribution in [0.1, 0.15) is 36.0 Å². The predicted molar refractivity (Wildman–Crippen MR) is 120 cm³/mol. The number of carbonyl (C=O) groups is 2. The fraction of sp³-hybridized carbons (Fsp3) is 0.391. The zero-order valence-electron chi connectivity index (χ0n) is 18.6. The van der Waals surface area contributed by atoms with Crippen LogP contribution in [0, 0.1) is 0 Å². The zero-order chi connectivity index (χ0) is 25.4. The highest BCUT2D eigenvalue weighted by atomic mass is 32.2. The predicted octanol–water partition coefficient (Wildman–Crippen LogP) is 2.38. The van der Waals surface area contributed by atoms with E-state index in [9.17, 15) is 36.3 Å². The van der Waals surface area contributed by atoms with Crippen molar-refractivity contribution in [2.45, 2.75) is 42.4 Å². The van der Waals surface area contributed by atoms with Gasteiger partial charge in [-0.15, -0.1) is 0 Å². The van der Waals surface area contributed by atoms with Gasteiger partial charge in [0, 0.05) is 25.2 Å². The number of sulfonamides is 1. The number of alkyl halides is 3. The number of carbonyl (C=O) groups excluding carboxylic acids is 2. The highest BCUT2D eigenvalue weighted by Gasteiger charge is 2.38. The summed E-state index contributed by atoms with van der Waals surface area (Å²) in [7, 11) is -3.99. The van der Waals surface area contributed by atoms with Crippen molar-refractivity contribution in [1.29, 1.82) is 0 Å². The van der Waals surface area contributed by atoms with Crippen LogP contribution in [0.2, 0.25) is 0 Å². The molecule has 0 unspecified atom stereocenters. The Morgan fingerprint density at radius 2 is 1.83 bits per heavy atom.